The van der Waals surface area contributed by atoms with Gasteiger partial charge in [0.05, 0.1) is 18.8 Å². The number of carbonyl (C=O) groups is 1. The Morgan fingerprint density at radius 2 is 1.62 bits per heavy atom. The molecular weight excluding hydrogens is 504 g/mol. The molecule has 2 N–H and O–H groups in total. The van der Waals surface area contributed by atoms with E-state index in [1.807, 2.05) is 42.5 Å². The molecule has 3 aliphatic rings. The van der Waals surface area contributed by atoms with E-state index in [4.69, 9.17) is 19.3 Å². The first-order valence-electron chi connectivity index (χ1n) is 15.4. The van der Waals surface area contributed by atoms with Crippen molar-refractivity contribution in [2.45, 2.75) is 95.7 Å². The van der Waals surface area contributed by atoms with E-state index in [-0.39, 0.29) is 0 Å². The van der Waals surface area contributed by atoms with Crippen LogP contribution in [-0.4, -0.2) is 62.2 Å². The van der Waals surface area contributed by atoms with Gasteiger partial charge in [0.2, 0.25) is 0 Å². The summed E-state index contributed by atoms with van der Waals surface area (Å²) in [6.45, 7) is 5.02. The van der Waals surface area contributed by atoms with Crippen LogP contribution in [0.1, 0.15) is 76.7 Å². The van der Waals surface area contributed by atoms with E-state index in [1.54, 1.807) is 6.92 Å². The molecule has 0 amide bonds. The number of ether oxygens (including phenoxy) is 3. The predicted octanol–water partition coefficient (Wildman–Crippen LogP) is 6.24. The number of benzene rings is 2. The summed E-state index contributed by atoms with van der Waals surface area (Å²) in [5.41, 5.74) is 2.00. The number of fused-ring (bicyclic) bond motifs is 1. The van der Waals surface area contributed by atoms with Gasteiger partial charge in [-0.05, 0) is 62.4 Å². The lowest BCUT2D eigenvalue weighted by Crippen LogP contribution is -2.40. The van der Waals surface area contributed by atoms with Gasteiger partial charge in [0.1, 0.15) is 24.7 Å². The van der Waals surface area contributed by atoms with E-state index in [9.17, 15) is 4.79 Å². The number of nitrogens with zero attached hydrogens (tertiary/aromatic N) is 1. The molecule has 2 fully saturated rings. The van der Waals surface area contributed by atoms with Gasteiger partial charge in [0.15, 0.2) is 6.10 Å². The molecule has 7 nitrogen and oxygen atoms in total. The first-order valence-corrected chi connectivity index (χ1v) is 15.4. The second-order valence-electron chi connectivity index (χ2n) is 11.1. The second kappa shape index (κ2) is 16.5. The Morgan fingerprint density at radius 3 is 2.25 bits per heavy atom. The van der Waals surface area contributed by atoms with Gasteiger partial charge in [-0.1, -0.05) is 62.8 Å². The van der Waals surface area contributed by atoms with Crippen LogP contribution in [0.3, 0.4) is 0 Å². The minimum absolute atomic E-state index is 0.341. The number of hydrogen-bond acceptors (Lipinski definition) is 6. The van der Waals surface area contributed by atoms with Crippen LogP contribution in [0.5, 0.6) is 11.5 Å². The summed E-state index contributed by atoms with van der Waals surface area (Å²) >= 11 is 0. The Hall–Kier alpha value is -2.77. The summed E-state index contributed by atoms with van der Waals surface area (Å²) in [4.78, 5) is 13.4. The van der Waals surface area contributed by atoms with Crippen molar-refractivity contribution in [1.29, 1.82) is 0 Å². The van der Waals surface area contributed by atoms with Crippen LogP contribution < -0.4 is 19.7 Å². The molecule has 0 saturated heterocycles. The molecule has 0 spiro atoms. The van der Waals surface area contributed by atoms with E-state index >= 15 is 0 Å². The van der Waals surface area contributed by atoms with Crippen LogP contribution in [-0.2, 0) is 16.0 Å². The van der Waals surface area contributed by atoms with Crippen molar-refractivity contribution in [2.24, 2.45) is 0 Å². The number of nitrogens with one attached hydrogen (secondary N) is 1. The van der Waals surface area contributed by atoms with Crippen molar-refractivity contribution in [3.63, 3.8) is 0 Å². The fraction of sp³-hybridized carbons (Fsp3) is 0.606. The van der Waals surface area contributed by atoms with Crippen molar-refractivity contribution >= 4 is 11.7 Å². The van der Waals surface area contributed by atoms with Crippen LogP contribution in [0.15, 0.2) is 48.5 Å². The molecule has 0 bridgehead atoms. The quantitative estimate of drug-likeness (QED) is 0.342. The van der Waals surface area contributed by atoms with Gasteiger partial charge in [0, 0.05) is 25.1 Å². The van der Waals surface area contributed by atoms with Gasteiger partial charge in [0.25, 0.3) is 0 Å². The maximum absolute atomic E-state index is 11.2. The molecule has 0 aromatic heterocycles. The molecule has 1 atom stereocenters. The minimum atomic E-state index is -0.942. The number of carboxylic acids is 1. The fourth-order valence-corrected chi connectivity index (χ4v) is 5.96. The van der Waals surface area contributed by atoms with E-state index in [0.717, 1.165) is 47.9 Å². The molecule has 7 heteroatoms. The van der Waals surface area contributed by atoms with Gasteiger partial charge in [-0.3, -0.25) is 0 Å². The van der Waals surface area contributed by atoms with Gasteiger partial charge in [-0.25, -0.2) is 4.79 Å². The summed E-state index contributed by atoms with van der Waals surface area (Å²) in [6, 6.07) is 17.3. The zero-order chi connectivity index (χ0) is 28.0. The van der Waals surface area contributed by atoms with Crippen molar-refractivity contribution in [3.8, 4) is 11.5 Å². The molecule has 2 aliphatic carbocycles. The highest BCUT2D eigenvalue weighted by molar-refractivity contribution is 5.72. The van der Waals surface area contributed by atoms with E-state index < -0.39 is 12.1 Å². The fourth-order valence-electron chi connectivity index (χ4n) is 5.96. The molecule has 2 aromatic carbocycles. The lowest BCUT2D eigenvalue weighted by atomic mass is 9.91. The lowest BCUT2D eigenvalue weighted by Gasteiger charge is -2.31. The maximum atomic E-state index is 11.2. The summed E-state index contributed by atoms with van der Waals surface area (Å²) in [7, 11) is 0. The number of aliphatic carboxylic acids is 1. The Labute approximate surface area is 240 Å². The average molecular weight is 553 g/mol. The zero-order valence-corrected chi connectivity index (χ0v) is 24.2. The first-order chi connectivity index (χ1) is 19.6. The molecule has 1 unspecified atom stereocenters. The summed E-state index contributed by atoms with van der Waals surface area (Å²) in [5.74, 6) is 0.738. The van der Waals surface area contributed by atoms with Gasteiger partial charge in [-0.15, -0.1) is 0 Å². The lowest BCUT2D eigenvalue weighted by molar-refractivity contribution is -0.149. The Balaban J connectivity index is 0.000000236. The molecule has 2 saturated carbocycles. The van der Waals surface area contributed by atoms with Crippen LogP contribution in [0.4, 0.5) is 5.69 Å². The summed E-state index contributed by atoms with van der Waals surface area (Å²) < 4.78 is 16.8. The van der Waals surface area contributed by atoms with E-state index in [1.165, 1.54) is 64.2 Å². The largest absolute Gasteiger partial charge is 0.492 e. The SMILES string of the molecule is C1CCC(NC2CCCCC2)CC1.CCOC(Cc1ccc(OCCN2CCOc3ccccc32)cc1)C(=O)O. The molecule has 220 valence electrons. The normalized spacial score (nSPS) is 18.6. The third-order valence-electron chi connectivity index (χ3n) is 8.12. The van der Waals surface area contributed by atoms with Crippen molar-refractivity contribution in [1.82, 2.24) is 5.32 Å². The molecule has 2 aromatic rings. The second-order valence-corrected chi connectivity index (χ2v) is 11.1. The molecule has 5 rings (SSSR count). The molecule has 0 radical (unpaired) electrons. The molecule has 40 heavy (non-hydrogen) atoms. The van der Waals surface area contributed by atoms with E-state index in [0.29, 0.717) is 26.2 Å². The average Bonchev–Trinajstić information content (AvgIpc) is 2.99. The number of rotatable bonds is 11. The van der Waals surface area contributed by atoms with Crippen LogP contribution in [0, 0.1) is 0 Å². The van der Waals surface area contributed by atoms with Crippen molar-refractivity contribution < 1.29 is 24.1 Å². The Kier molecular flexibility index (Phi) is 12.4. The summed E-state index contributed by atoms with van der Waals surface area (Å²) in [6.07, 6.45) is 14.1. The smallest absolute Gasteiger partial charge is 0.333 e. The Morgan fingerprint density at radius 1 is 0.975 bits per heavy atom. The van der Waals surface area contributed by atoms with Crippen LogP contribution in [0.2, 0.25) is 0 Å². The number of hydrogen-bond donors (Lipinski definition) is 2. The number of carboxylic acid groups (broad SMARTS) is 1. The number of para-hydroxylation sites is 2. The first kappa shape index (κ1) is 30.2. The Bertz CT molecular complexity index is 986. The summed E-state index contributed by atoms with van der Waals surface area (Å²) in [5, 5.41) is 13.0. The van der Waals surface area contributed by atoms with Crippen molar-refractivity contribution in [2.75, 3.05) is 37.8 Å². The van der Waals surface area contributed by atoms with E-state index in [2.05, 4.69) is 16.3 Å². The monoisotopic (exact) mass is 552 g/mol. The zero-order valence-electron chi connectivity index (χ0n) is 24.2. The number of anilines is 1. The maximum Gasteiger partial charge on any atom is 0.333 e. The third-order valence-corrected chi connectivity index (χ3v) is 8.12. The highest BCUT2D eigenvalue weighted by atomic mass is 16.5. The topological polar surface area (TPSA) is 80.3 Å². The molecule has 1 heterocycles. The highest BCUT2D eigenvalue weighted by Gasteiger charge is 2.20. The van der Waals surface area contributed by atoms with Crippen LogP contribution in [0.25, 0.3) is 0 Å². The standard InChI is InChI=1S/C21H25NO5.C12H23N/c1-2-25-20(21(23)24)15-16-7-9-17(10-8-16)26-13-11-22-12-14-27-19-6-4-3-5-18(19)22;1-3-7-11(8-4-1)13-12-9-5-2-6-10-12/h3-10,20H,2,11-15H2,1H3,(H,23,24);11-13H,1-10H2. The molecule has 1 aliphatic heterocycles. The van der Waals surface area contributed by atoms with Crippen LogP contribution >= 0.6 is 0 Å². The highest BCUT2D eigenvalue weighted by Crippen LogP contribution is 2.30. The van der Waals surface area contributed by atoms with Gasteiger partial charge < -0.3 is 29.5 Å². The predicted molar refractivity (Wildman–Crippen MR) is 160 cm³/mol. The van der Waals surface area contributed by atoms with Gasteiger partial charge in [-0.2, -0.15) is 0 Å². The minimum Gasteiger partial charge on any atom is -0.492 e. The van der Waals surface area contributed by atoms with Crippen molar-refractivity contribution in [3.05, 3.63) is 54.1 Å². The third kappa shape index (κ3) is 9.70. The van der Waals surface area contributed by atoms with Gasteiger partial charge >= 0.3 is 5.97 Å². The molecular formula is C33H48N2O5.